The van der Waals surface area contributed by atoms with E-state index in [1.54, 1.807) is 11.3 Å². The van der Waals surface area contributed by atoms with Gasteiger partial charge < -0.3 is 15.5 Å². The van der Waals surface area contributed by atoms with E-state index >= 15 is 0 Å². The van der Waals surface area contributed by atoms with Crippen molar-refractivity contribution in [2.75, 3.05) is 25.5 Å². The van der Waals surface area contributed by atoms with Gasteiger partial charge in [0.2, 0.25) is 5.95 Å². The number of rotatable bonds is 6. The van der Waals surface area contributed by atoms with Gasteiger partial charge in [-0.05, 0) is 26.8 Å². The summed E-state index contributed by atoms with van der Waals surface area (Å²) in [6.45, 7) is 6.86. The predicted octanol–water partition coefficient (Wildman–Crippen LogP) is 1.97. The number of carbonyl (C=O) groups excluding carboxylic acids is 1. The maximum Gasteiger partial charge on any atom is 0.315 e. The third-order valence-corrected chi connectivity index (χ3v) is 4.50. The van der Waals surface area contributed by atoms with Gasteiger partial charge in [-0.25, -0.2) is 19.7 Å². The molecule has 0 radical (unpaired) electrons. The van der Waals surface area contributed by atoms with Gasteiger partial charge in [0.1, 0.15) is 0 Å². The Hall–Kier alpha value is -2.22. The molecule has 8 heteroatoms. The number of thiazole rings is 1. The SMILES string of the molecule is Cc1cc(CNC(=O)NCCc2sc(C)nc2C)nc(N(C)C)n1. The van der Waals surface area contributed by atoms with Gasteiger partial charge in [0.05, 0.1) is 22.9 Å². The van der Waals surface area contributed by atoms with Crippen molar-refractivity contribution in [2.24, 2.45) is 0 Å². The summed E-state index contributed by atoms with van der Waals surface area (Å²) in [5.41, 5.74) is 2.71. The highest BCUT2D eigenvalue weighted by molar-refractivity contribution is 7.11. The Balaban J connectivity index is 1.80. The molecule has 0 atom stereocenters. The molecule has 0 aliphatic rings. The number of anilines is 1. The Morgan fingerprint density at radius 1 is 1.17 bits per heavy atom. The number of amides is 2. The van der Waals surface area contributed by atoms with Gasteiger partial charge in [0.15, 0.2) is 0 Å². The highest BCUT2D eigenvalue weighted by atomic mass is 32.1. The van der Waals surface area contributed by atoms with Crippen LogP contribution in [0.15, 0.2) is 6.07 Å². The Kier molecular flexibility index (Phi) is 6.08. The molecule has 0 aromatic carbocycles. The van der Waals surface area contributed by atoms with Crippen molar-refractivity contribution in [2.45, 2.75) is 33.7 Å². The molecule has 0 saturated carbocycles. The molecule has 0 fully saturated rings. The molecule has 0 saturated heterocycles. The standard InChI is InChI=1S/C16H24N6OS/c1-10-8-13(21-15(19-10)22(4)5)9-18-16(23)17-7-6-14-11(2)20-12(3)24-14/h8H,6-7,9H2,1-5H3,(H2,17,18,23). The van der Waals surface area contributed by atoms with Crippen LogP contribution < -0.4 is 15.5 Å². The van der Waals surface area contributed by atoms with E-state index in [4.69, 9.17) is 0 Å². The molecule has 130 valence electrons. The van der Waals surface area contributed by atoms with Crippen LogP contribution in [-0.4, -0.2) is 41.6 Å². The van der Waals surface area contributed by atoms with Gasteiger partial charge in [-0.2, -0.15) is 0 Å². The zero-order chi connectivity index (χ0) is 17.7. The number of nitrogens with zero attached hydrogens (tertiary/aromatic N) is 4. The lowest BCUT2D eigenvalue weighted by Crippen LogP contribution is -2.36. The van der Waals surface area contributed by atoms with Crippen LogP contribution in [0.25, 0.3) is 0 Å². The summed E-state index contributed by atoms with van der Waals surface area (Å²) < 4.78 is 0. The molecule has 2 N–H and O–H groups in total. The van der Waals surface area contributed by atoms with Crippen molar-refractivity contribution in [1.29, 1.82) is 0 Å². The van der Waals surface area contributed by atoms with Crippen LogP contribution in [0.4, 0.5) is 10.7 Å². The summed E-state index contributed by atoms with van der Waals surface area (Å²) in [4.78, 5) is 28.1. The molecule has 24 heavy (non-hydrogen) atoms. The lowest BCUT2D eigenvalue weighted by molar-refractivity contribution is 0.240. The number of nitrogens with one attached hydrogen (secondary N) is 2. The largest absolute Gasteiger partial charge is 0.347 e. The van der Waals surface area contributed by atoms with Crippen molar-refractivity contribution in [3.05, 3.63) is 33.0 Å². The quantitative estimate of drug-likeness (QED) is 0.834. The third kappa shape index (κ3) is 5.16. The van der Waals surface area contributed by atoms with Crippen molar-refractivity contribution >= 4 is 23.3 Å². The maximum atomic E-state index is 11.9. The van der Waals surface area contributed by atoms with E-state index in [0.717, 1.165) is 28.5 Å². The first-order valence-electron chi connectivity index (χ1n) is 7.81. The third-order valence-electron chi connectivity index (χ3n) is 3.36. The van der Waals surface area contributed by atoms with E-state index in [1.807, 2.05) is 45.8 Å². The van der Waals surface area contributed by atoms with E-state index in [1.165, 1.54) is 4.88 Å². The highest BCUT2D eigenvalue weighted by Gasteiger charge is 2.07. The van der Waals surface area contributed by atoms with Crippen molar-refractivity contribution < 1.29 is 4.79 Å². The Morgan fingerprint density at radius 2 is 1.92 bits per heavy atom. The molecule has 0 spiro atoms. The smallest absolute Gasteiger partial charge is 0.315 e. The molecule has 0 aliphatic heterocycles. The number of hydrogen-bond donors (Lipinski definition) is 2. The molecule has 0 bridgehead atoms. The summed E-state index contributed by atoms with van der Waals surface area (Å²) in [6.07, 6.45) is 0.794. The lowest BCUT2D eigenvalue weighted by Gasteiger charge is -2.13. The number of urea groups is 1. The van der Waals surface area contributed by atoms with Gasteiger partial charge in [-0.1, -0.05) is 0 Å². The zero-order valence-corrected chi connectivity index (χ0v) is 15.6. The van der Waals surface area contributed by atoms with Crippen molar-refractivity contribution in [3.8, 4) is 0 Å². The number of aromatic nitrogens is 3. The molecular formula is C16H24N6OS. The predicted molar refractivity (Wildman–Crippen MR) is 96.6 cm³/mol. The summed E-state index contributed by atoms with van der Waals surface area (Å²) in [6, 6.07) is 1.67. The molecule has 0 unspecified atom stereocenters. The minimum Gasteiger partial charge on any atom is -0.347 e. The van der Waals surface area contributed by atoms with Gasteiger partial charge in [-0.15, -0.1) is 11.3 Å². The lowest BCUT2D eigenvalue weighted by atomic mass is 10.3. The first-order valence-corrected chi connectivity index (χ1v) is 8.63. The number of aryl methyl sites for hydroxylation is 3. The van der Waals surface area contributed by atoms with E-state index in [0.29, 0.717) is 19.0 Å². The van der Waals surface area contributed by atoms with Crippen LogP contribution in [0.3, 0.4) is 0 Å². The molecule has 2 heterocycles. The fourth-order valence-electron chi connectivity index (χ4n) is 2.24. The van der Waals surface area contributed by atoms with Crippen LogP contribution in [0, 0.1) is 20.8 Å². The summed E-state index contributed by atoms with van der Waals surface area (Å²) in [5, 5.41) is 6.75. The van der Waals surface area contributed by atoms with E-state index < -0.39 is 0 Å². The number of hydrogen-bond acceptors (Lipinski definition) is 6. The van der Waals surface area contributed by atoms with Gasteiger partial charge in [0, 0.05) is 37.6 Å². The van der Waals surface area contributed by atoms with E-state index in [-0.39, 0.29) is 6.03 Å². The molecule has 2 amide bonds. The summed E-state index contributed by atoms with van der Waals surface area (Å²) in [7, 11) is 3.78. The molecule has 0 aliphatic carbocycles. The maximum absolute atomic E-state index is 11.9. The second-order valence-electron chi connectivity index (χ2n) is 5.80. The van der Waals surface area contributed by atoms with Crippen molar-refractivity contribution in [1.82, 2.24) is 25.6 Å². The Bertz CT molecular complexity index is 713. The average Bonchev–Trinajstić information content (AvgIpc) is 2.82. The number of carbonyl (C=O) groups is 1. The summed E-state index contributed by atoms with van der Waals surface area (Å²) >= 11 is 1.68. The van der Waals surface area contributed by atoms with Crippen LogP contribution in [0.5, 0.6) is 0 Å². The van der Waals surface area contributed by atoms with Crippen LogP contribution in [-0.2, 0) is 13.0 Å². The Labute approximate surface area is 146 Å². The van der Waals surface area contributed by atoms with E-state index in [2.05, 4.69) is 25.6 Å². The topological polar surface area (TPSA) is 83.0 Å². The zero-order valence-electron chi connectivity index (χ0n) is 14.8. The average molecular weight is 348 g/mol. The molecular weight excluding hydrogens is 324 g/mol. The fourth-order valence-corrected chi connectivity index (χ4v) is 3.17. The summed E-state index contributed by atoms with van der Waals surface area (Å²) in [5.74, 6) is 0.642. The van der Waals surface area contributed by atoms with Crippen LogP contribution in [0.2, 0.25) is 0 Å². The highest BCUT2D eigenvalue weighted by Crippen LogP contribution is 2.17. The van der Waals surface area contributed by atoms with Crippen LogP contribution >= 0.6 is 11.3 Å². The molecule has 2 aromatic heterocycles. The Morgan fingerprint density at radius 3 is 2.54 bits per heavy atom. The minimum absolute atomic E-state index is 0.198. The van der Waals surface area contributed by atoms with Gasteiger partial charge >= 0.3 is 6.03 Å². The second kappa shape index (κ2) is 8.05. The first kappa shape index (κ1) is 18.1. The normalized spacial score (nSPS) is 10.5. The monoisotopic (exact) mass is 348 g/mol. The molecule has 2 aromatic rings. The van der Waals surface area contributed by atoms with Gasteiger partial charge in [0.25, 0.3) is 0 Å². The fraction of sp³-hybridized carbons (Fsp3) is 0.500. The molecule has 2 rings (SSSR count). The molecule has 7 nitrogen and oxygen atoms in total. The van der Waals surface area contributed by atoms with Crippen LogP contribution in [0.1, 0.15) is 27.0 Å². The first-order chi connectivity index (χ1) is 11.3. The minimum atomic E-state index is -0.198. The van der Waals surface area contributed by atoms with Crippen molar-refractivity contribution in [3.63, 3.8) is 0 Å². The van der Waals surface area contributed by atoms with E-state index in [9.17, 15) is 4.79 Å². The second-order valence-corrected chi connectivity index (χ2v) is 7.08. The van der Waals surface area contributed by atoms with Gasteiger partial charge in [-0.3, -0.25) is 0 Å².